The zero-order valence-electron chi connectivity index (χ0n) is 23.3. The smallest absolute Gasteiger partial charge is 0.339 e. The first kappa shape index (κ1) is 31.1. The van der Waals surface area contributed by atoms with E-state index < -0.39 is 23.7 Å². The van der Waals surface area contributed by atoms with Crippen molar-refractivity contribution in [1.29, 1.82) is 0 Å². The first-order chi connectivity index (χ1) is 19.2. The topological polar surface area (TPSA) is 64.8 Å². The Balaban J connectivity index is 0.00000387. The minimum atomic E-state index is -2.93. The Labute approximate surface area is 251 Å². The molecule has 1 atom stereocenters. The molecule has 41 heavy (non-hydrogen) atoms. The van der Waals surface area contributed by atoms with Crippen molar-refractivity contribution in [2.75, 3.05) is 55.6 Å². The highest BCUT2D eigenvalue weighted by molar-refractivity contribution is 6.31. The van der Waals surface area contributed by atoms with Gasteiger partial charge in [-0.05, 0) is 48.6 Å². The van der Waals surface area contributed by atoms with Gasteiger partial charge in [-0.15, -0.1) is 0 Å². The van der Waals surface area contributed by atoms with Crippen LogP contribution in [0, 0.1) is 5.92 Å². The molecule has 2 aromatic carbocycles. The minimum absolute atomic E-state index is 0. The van der Waals surface area contributed by atoms with Gasteiger partial charge in [0.25, 0.3) is 6.43 Å². The second-order valence-corrected chi connectivity index (χ2v) is 11.6. The van der Waals surface area contributed by atoms with Gasteiger partial charge in [0.1, 0.15) is 11.3 Å². The molecule has 5 rings (SSSR count). The Kier molecular flexibility index (Phi) is 10.2. The molecule has 7 nitrogen and oxygen atoms in total. The van der Waals surface area contributed by atoms with Crippen LogP contribution in [0.4, 0.5) is 20.2 Å². The van der Waals surface area contributed by atoms with Crippen LogP contribution in [0.25, 0.3) is 11.1 Å². The molecule has 2 saturated heterocycles. The lowest BCUT2D eigenvalue weighted by Gasteiger charge is -2.37. The quantitative estimate of drug-likeness (QED) is 0.424. The van der Waals surface area contributed by atoms with Gasteiger partial charge in [-0.2, -0.15) is 5.10 Å². The summed E-state index contributed by atoms with van der Waals surface area (Å²) in [6.07, 6.45) is -0.517. The van der Waals surface area contributed by atoms with Gasteiger partial charge in [0.15, 0.2) is 0 Å². The maximum atomic E-state index is 13.9. The van der Waals surface area contributed by atoms with Crippen LogP contribution in [0.5, 0.6) is 0 Å². The zero-order chi connectivity index (χ0) is 28.4. The third kappa shape index (κ3) is 6.96. The molecule has 3 heterocycles. The molecule has 1 aromatic heterocycles. The molecular weight excluding hydrogens is 571 g/mol. The Morgan fingerprint density at radius 1 is 1.05 bits per heavy atom. The summed E-state index contributed by atoms with van der Waals surface area (Å²) in [7, 11) is 0. The first-order valence-electron chi connectivity index (χ1n) is 13.9. The van der Waals surface area contributed by atoms with Crippen LogP contribution in [-0.4, -0.2) is 71.6 Å². The maximum absolute atomic E-state index is 13.9. The van der Waals surface area contributed by atoms with Crippen molar-refractivity contribution < 1.29 is 31.1 Å². The van der Waals surface area contributed by atoms with E-state index in [2.05, 4.69) is 57.9 Å². The molecule has 0 radical (unpaired) electrons. The summed E-state index contributed by atoms with van der Waals surface area (Å²) >= 11 is 6.43. The highest BCUT2D eigenvalue weighted by Crippen LogP contribution is 2.38. The number of halogens is 4. The number of alkyl halides is 2. The van der Waals surface area contributed by atoms with E-state index in [4.69, 9.17) is 11.6 Å². The number of carboxylic acids is 1. The number of carboxylic acid groups (broad SMARTS) is 1. The Bertz CT molecular complexity index is 1330. The summed E-state index contributed by atoms with van der Waals surface area (Å²) in [4.78, 5) is 18.6. The predicted octanol–water partition coefficient (Wildman–Crippen LogP) is 3.46. The van der Waals surface area contributed by atoms with Crippen molar-refractivity contribution in [2.24, 2.45) is 5.92 Å². The predicted molar refractivity (Wildman–Crippen MR) is 155 cm³/mol. The molecule has 0 spiro atoms. The van der Waals surface area contributed by atoms with E-state index in [0.29, 0.717) is 23.9 Å². The third-order valence-electron chi connectivity index (χ3n) is 7.85. The highest BCUT2D eigenvalue weighted by Gasteiger charge is 2.31. The van der Waals surface area contributed by atoms with Gasteiger partial charge in [0.05, 0.1) is 12.2 Å². The molecule has 222 valence electrons. The van der Waals surface area contributed by atoms with Crippen LogP contribution in [0.2, 0.25) is 5.02 Å². The van der Waals surface area contributed by atoms with E-state index in [9.17, 15) is 18.7 Å². The number of hydrogen-bond donors (Lipinski definition) is 1. The lowest BCUT2D eigenvalue weighted by molar-refractivity contribution is -0.0000260. The van der Waals surface area contributed by atoms with Crippen molar-refractivity contribution in [3.63, 3.8) is 0 Å². The molecule has 0 unspecified atom stereocenters. The fourth-order valence-electron chi connectivity index (χ4n) is 5.99. The van der Waals surface area contributed by atoms with Gasteiger partial charge in [0.2, 0.25) is 0 Å². The van der Waals surface area contributed by atoms with Crippen LogP contribution in [0.3, 0.4) is 0 Å². The van der Waals surface area contributed by atoms with Crippen molar-refractivity contribution in [2.45, 2.75) is 39.2 Å². The number of nitrogens with zero attached hydrogens (tertiary/aromatic N) is 5. The van der Waals surface area contributed by atoms with Crippen LogP contribution in [0.15, 0.2) is 48.7 Å². The van der Waals surface area contributed by atoms with Crippen LogP contribution < -0.4 is 22.2 Å². The van der Waals surface area contributed by atoms with E-state index in [1.165, 1.54) is 10.4 Å². The number of anilines is 2. The molecule has 0 saturated carbocycles. The third-order valence-corrected chi connectivity index (χ3v) is 8.09. The second-order valence-electron chi connectivity index (χ2n) is 11.1. The number of carbonyl (C=O) groups is 1. The van der Waals surface area contributed by atoms with Crippen LogP contribution in [-0.2, 0) is 0 Å². The van der Waals surface area contributed by atoms with Gasteiger partial charge in [-0.1, -0.05) is 43.6 Å². The monoisotopic (exact) mass is 606 g/mol. The SMILES string of the molecule is CC(C)CN1CCN(c2ccc(-c3ccc(Cl)cc3N3CCC[C@@H](n4ncc(C(=O)O)c4C(F)F)C3)cc2)CC1.[Cl-]. The number of benzene rings is 2. The van der Waals surface area contributed by atoms with E-state index in [-0.39, 0.29) is 18.4 Å². The molecule has 0 amide bonds. The summed E-state index contributed by atoms with van der Waals surface area (Å²) < 4.78 is 28.9. The largest absolute Gasteiger partial charge is 1.00 e. The highest BCUT2D eigenvalue weighted by atomic mass is 35.5. The van der Waals surface area contributed by atoms with Crippen molar-refractivity contribution in [1.82, 2.24) is 14.7 Å². The normalized spacial score (nSPS) is 18.2. The molecular formula is C30H36Cl2F2N5O2-. The van der Waals surface area contributed by atoms with Gasteiger partial charge in [0, 0.05) is 67.8 Å². The van der Waals surface area contributed by atoms with E-state index in [0.717, 1.165) is 68.7 Å². The molecule has 0 aliphatic carbocycles. The lowest BCUT2D eigenvalue weighted by Crippen LogP contribution is -3.00. The number of piperidine rings is 1. The molecule has 0 bridgehead atoms. The summed E-state index contributed by atoms with van der Waals surface area (Å²) in [5.74, 6) is -0.727. The summed E-state index contributed by atoms with van der Waals surface area (Å²) in [5, 5.41) is 14.0. The van der Waals surface area contributed by atoms with E-state index in [1.807, 2.05) is 18.2 Å². The van der Waals surface area contributed by atoms with E-state index in [1.54, 1.807) is 0 Å². The average molecular weight is 608 g/mol. The maximum Gasteiger partial charge on any atom is 0.339 e. The Morgan fingerprint density at radius 3 is 2.39 bits per heavy atom. The molecule has 2 aliphatic heterocycles. The van der Waals surface area contributed by atoms with Crippen LogP contribution >= 0.6 is 11.6 Å². The van der Waals surface area contributed by atoms with Crippen LogP contribution in [0.1, 0.15) is 55.2 Å². The standard InChI is InChI=1S/C30H36ClF2N5O2.ClH/c1-20(2)18-35-12-14-36(15-13-35)23-8-5-21(6-9-23)25-10-7-22(31)16-27(25)37-11-3-4-24(19-37)38-28(29(32)33)26(17-34-38)30(39)40;/h5-10,16-17,20,24,29H,3-4,11-15,18-19H2,1-2H3,(H,39,40);1H/p-1/t24-;/m1./s1. The number of rotatable bonds is 8. The molecule has 1 N–H and O–H groups in total. The van der Waals surface area contributed by atoms with Gasteiger partial charge in [-0.3, -0.25) is 9.58 Å². The Morgan fingerprint density at radius 2 is 1.76 bits per heavy atom. The molecule has 2 aliphatic rings. The average Bonchev–Trinajstić information content (AvgIpc) is 3.40. The van der Waals surface area contributed by atoms with E-state index >= 15 is 0 Å². The number of piperazine rings is 1. The summed E-state index contributed by atoms with van der Waals surface area (Å²) in [6.45, 7) is 10.9. The minimum Gasteiger partial charge on any atom is -1.00 e. The van der Waals surface area contributed by atoms with Crippen molar-refractivity contribution >= 4 is 28.9 Å². The second kappa shape index (κ2) is 13.4. The fourth-order valence-corrected chi connectivity index (χ4v) is 6.15. The molecule has 3 aromatic rings. The van der Waals surface area contributed by atoms with Crippen molar-refractivity contribution in [3.05, 3.63) is 64.9 Å². The van der Waals surface area contributed by atoms with Gasteiger partial charge >= 0.3 is 5.97 Å². The number of aromatic carboxylic acids is 1. The lowest BCUT2D eigenvalue weighted by atomic mass is 9.99. The summed E-state index contributed by atoms with van der Waals surface area (Å²) in [5.41, 5.74) is 3.21. The Hall–Kier alpha value is -2.88. The molecule has 11 heteroatoms. The van der Waals surface area contributed by atoms with Gasteiger partial charge in [-0.25, -0.2) is 13.6 Å². The first-order valence-corrected chi connectivity index (χ1v) is 14.3. The molecule has 2 fully saturated rings. The summed E-state index contributed by atoms with van der Waals surface area (Å²) in [6, 6.07) is 14.0. The fraction of sp³-hybridized carbons (Fsp3) is 0.467. The van der Waals surface area contributed by atoms with Crippen molar-refractivity contribution in [3.8, 4) is 11.1 Å². The number of aromatic nitrogens is 2. The number of hydrogen-bond acceptors (Lipinski definition) is 5. The van der Waals surface area contributed by atoms with Gasteiger partial charge < -0.3 is 27.3 Å². The zero-order valence-corrected chi connectivity index (χ0v) is 24.8.